The molecule has 2 unspecified atom stereocenters. The van der Waals surface area contributed by atoms with E-state index in [4.69, 9.17) is 5.73 Å². The van der Waals surface area contributed by atoms with Gasteiger partial charge in [0.1, 0.15) is 0 Å². The fraction of sp³-hybridized carbons (Fsp3) is 0.818. The van der Waals surface area contributed by atoms with E-state index in [1.807, 2.05) is 0 Å². The zero-order valence-corrected chi connectivity index (χ0v) is 10.7. The van der Waals surface area contributed by atoms with Gasteiger partial charge in [-0.25, -0.2) is 0 Å². The van der Waals surface area contributed by atoms with E-state index in [1.54, 1.807) is 4.90 Å². The van der Waals surface area contributed by atoms with E-state index in [0.717, 1.165) is 25.7 Å². The van der Waals surface area contributed by atoms with Gasteiger partial charge >= 0.3 is 0 Å². The van der Waals surface area contributed by atoms with Crippen molar-refractivity contribution in [1.82, 2.24) is 10.2 Å². The minimum atomic E-state index is -0.0338. The van der Waals surface area contributed by atoms with Gasteiger partial charge in [-0.05, 0) is 12.8 Å². The molecule has 1 aliphatic heterocycles. The Morgan fingerprint density at radius 1 is 1.41 bits per heavy atom. The van der Waals surface area contributed by atoms with Crippen molar-refractivity contribution in [3.63, 3.8) is 0 Å². The quantitative estimate of drug-likeness (QED) is 0.736. The van der Waals surface area contributed by atoms with Crippen molar-refractivity contribution in [2.75, 3.05) is 13.1 Å². The summed E-state index contributed by atoms with van der Waals surface area (Å²) in [4.78, 5) is 25.1. The third kappa shape index (κ3) is 3.10. The molecule has 2 atom stereocenters. The fourth-order valence-electron chi connectivity index (χ4n) is 2.72. The maximum absolute atomic E-state index is 11.9. The Morgan fingerprint density at radius 2 is 2.12 bits per heavy atom. The first-order chi connectivity index (χ1) is 7.72. The minimum Gasteiger partial charge on any atom is -0.350 e. The summed E-state index contributed by atoms with van der Waals surface area (Å²) in [7, 11) is 0. The molecule has 1 saturated carbocycles. The highest BCUT2D eigenvalue weighted by molar-refractivity contribution is 5.86. The first-order valence-electron chi connectivity index (χ1n) is 6.01. The van der Waals surface area contributed by atoms with E-state index in [0.29, 0.717) is 13.0 Å². The molecule has 0 radical (unpaired) electrons. The summed E-state index contributed by atoms with van der Waals surface area (Å²) >= 11 is 0. The molecule has 0 aromatic heterocycles. The lowest BCUT2D eigenvalue weighted by molar-refractivity contribution is -0.144. The van der Waals surface area contributed by atoms with Crippen LogP contribution >= 0.6 is 12.4 Å². The monoisotopic (exact) mass is 261 g/mol. The van der Waals surface area contributed by atoms with Gasteiger partial charge < -0.3 is 16.0 Å². The average molecular weight is 262 g/mol. The van der Waals surface area contributed by atoms with Gasteiger partial charge in [0, 0.05) is 19.0 Å². The number of amides is 2. The molecule has 2 aliphatic rings. The molecule has 1 aliphatic carbocycles. The first-order valence-corrected chi connectivity index (χ1v) is 6.01. The van der Waals surface area contributed by atoms with Gasteiger partial charge in [0.25, 0.3) is 0 Å². The summed E-state index contributed by atoms with van der Waals surface area (Å²) in [5.41, 5.74) is 5.39. The SMILES string of the molecule is Cl.NCCC(=O)N1CC(=O)NC2CCCCC21. The number of carbonyl (C=O) groups excluding carboxylic acids is 2. The van der Waals surface area contributed by atoms with Crippen LogP contribution in [-0.4, -0.2) is 41.9 Å². The predicted octanol–water partition coefficient (Wildman–Crippen LogP) is 0.0266. The van der Waals surface area contributed by atoms with Crippen LogP contribution in [0.3, 0.4) is 0 Å². The normalized spacial score (nSPS) is 27.8. The molecular weight excluding hydrogens is 242 g/mol. The standard InChI is InChI=1S/C11H19N3O2.ClH/c12-6-5-11(16)14-7-10(15)13-8-3-1-2-4-9(8)14;/h8-9H,1-7,12H2,(H,13,15);1H. The number of hydrogen-bond acceptors (Lipinski definition) is 3. The molecule has 0 aromatic carbocycles. The molecule has 0 bridgehead atoms. The first kappa shape index (κ1) is 14.3. The van der Waals surface area contributed by atoms with Gasteiger partial charge in [0.2, 0.25) is 11.8 Å². The maximum Gasteiger partial charge on any atom is 0.239 e. The second-order valence-electron chi connectivity index (χ2n) is 4.59. The predicted molar refractivity (Wildman–Crippen MR) is 66.8 cm³/mol. The molecular formula is C11H20ClN3O2. The van der Waals surface area contributed by atoms with Crippen molar-refractivity contribution in [1.29, 1.82) is 0 Å². The molecule has 2 rings (SSSR count). The average Bonchev–Trinajstić information content (AvgIpc) is 2.28. The van der Waals surface area contributed by atoms with Gasteiger partial charge in [-0.3, -0.25) is 9.59 Å². The molecule has 2 fully saturated rings. The summed E-state index contributed by atoms with van der Waals surface area (Å²) in [5.74, 6) is -0.0113. The number of fused-ring (bicyclic) bond motifs is 1. The van der Waals surface area contributed by atoms with E-state index in [-0.39, 0.29) is 42.8 Å². The third-order valence-electron chi connectivity index (χ3n) is 3.47. The van der Waals surface area contributed by atoms with Gasteiger partial charge in [-0.2, -0.15) is 0 Å². The van der Waals surface area contributed by atoms with Crippen molar-refractivity contribution in [2.45, 2.75) is 44.2 Å². The molecule has 6 heteroatoms. The number of nitrogens with two attached hydrogens (primary N) is 1. The number of halogens is 1. The topological polar surface area (TPSA) is 75.4 Å². The molecule has 1 saturated heterocycles. The van der Waals surface area contributed by atoms with Crippen molar-refractivity contribution in [3.05, 3.63) is 0 Å². The lowest BCUT2D eigenvalue weighted by Gasteiger charge is -2.44. The molecule has 5 nitrogen and oxygen atoms in total. The Balaban J connectivity index is 0.00000144. The van der Waals surface area contributed by atoms with Crippen LogP contribution in [0.5, 0.6) is 0 Å². The van der Waals surface area contributed by atoms with E-state index < -0.39 is 0 Å². The summed E-state index contributed by atoms with van der Waals surface area (Å²) in [6.45, 7) is 0.564. The molecule has 0 aromatic rings. The van der Waals surface area contributed by atoms with Crippen LogP contribution in [-0.2, 0) is 9.59 Å². The highest BCUT2D eigenvalue weighted by Gasteiger charge is 2.38. The van der Waals surface area contributed by atoms with Crippen molar-refractivity contribution < 1.29 is 9.59 Å². The molecule has 3 N–H and O–H groups in total. The molecule has 1 heterocycles. The number of piperazine rings is 1. The van der Waals surface area contributed by atoms with Crippen LogP contribution in [0, 0.1) is 0 Å². The Kier molecular flexibility index (Phi) is 5.21. The second-order valence-corrected chi connectivity index (χ2v) is 4.59. The Hall–Kier alpha value is -0.810. The van der Waals surface area contributed by atoms with Crippen LogP contribution in [0.4, 0.5) is 0 Å². The smallest absolute Gasteiger partial charge is 0.239 e. The fourth-order valence-corrected chi connectivity index (χ4v) is 2.72. The van der Waals surface area contributed by atoms with E-state index in [1.165, 1.54) is 0 Å². The van der Waals surface area contributed by atoms with Gasteiger partial charge in [0.15, 0.2) is 0 Å². The number of hydrogen-bond donors (Lipinski definition) is 2. The molecule has 98 valence electrons. The Morgan fingerprint density at radius 3 is 2.82 bits per heavy atom. The highest BCUT2D eigenvalue weighted by Crippen LogP contribution is 2.26. The number of nitrogens with one attached hydrogen (secondary N) is 1. The summed E-state index contributed by atoms with van der Waals surface area (Å²) < 4.78 is 0. The van der Waals surface area contributed by atoms with Crippen molar-refractivity contribution >= 4 is 24.2 Å². The van der Waals surface area contributed by atoms with Crippen LogP contribution in [0.25, 0.3) is 0 Å². The number of rotatable bonds is 2. The summed E-state index contributed by atoms with van der Waals surface area (Å²) in [5, 5.41) is 2.98. The van der Waals surface area contributed by atoms with Crippen molar-refractivity contribution in [3.8, 4) is 0 Å². The van der Waals surface area contributed by atoms with Gasteiger partial charge in [-0.15, -0.1) is 12.4 Å². The third-order valence-corrected chi connectivity index (χ3v) is 3.47. The zero-order valence-electron chi connectivity index (χ0n) is 9.85. The molecule has 2 amide bonds. The number of carbonyl (C=O) groups is 2. The minimum absolute atomic E-state index is 0. The van der Waals surface area contributed by atoms with Crippen LogP contribution in [0.2, 0.25) is 0 Å². The van der Waals surface area contributed by atoms with Crippen molar-refractivity contribution in [2.24, 2.45) is 5.73 Å². The lowest BCUT2D eigenvalue weighted by Crippen LogP contribution is -2.63. The Bertz CT molecular complexity index is 298. The van der Waals surface area contributed by atoms with Gasteiger partial charge in [-0.1, -0.05) is 12.8 Å². The maximum atomic E-state index is 11.9. The Labute approximate surface area is 108 Å². The van der Waals surface area contributed by atoms with E-state index >= 15 is 0 Å². The lowest BCUT2D eigenvalue weighted by atomic mass is 9.87. The van der Waals surface area contributed by atoms with Gasteiger partial charge in [0.05, 0.1) is 12.6 Å². The molecule has 17 heavy (non-hydrogen) atoms. The van der Waals surface area contributed by atoms with E-state index in [9.17, 15) is 9.59 Å². The number of nitrogens with zero attached hydrogens (tertiary/aromatic N) is 1. The van der Waals surface area contributed by atoms with E-state index in [2.05, 4.69) is 5.32 Å². The summed E-state index contributed by atoms with van der Waals surface area (Å²) in [6.07, 6.45) is 4.62. The highest BCUT2D eigenvalue weighted by atomic mass is 35.5. The van der Waals surface area contributed by atoms with Crippen LogP contribution in [0.1, 0.15) is 32.1 Å². The second kappa shape index (κ2) is 6.21. The zero-order chi connectivity index (χ0) is 11.5. The molecule has 0 spiro atoms. The van der Waals surface area contributed by atoms with Crippen LogP contribution < -0.4 is 11.1 Å². The van der Waals surface area contributed by atoms with Crippen LogP contribution in [0.15, 0.2) is 0 Å². The summed E-state index contributed by atoms with van der Waals surface area (Å²) in [6, 6.07) is 0.363. The largest absolute Gasteiger partial charge is 0.350 e.